The minimum atomic E-state index is -0.159. The Morgan fingerprint density at radius 3 is 2.78 bits per heavy atom. The normalized spacial score (nSPS) is 10.8. The molecule has 18 heavy (non-hydrogen) atoms. The van der Waals surface area contributed by atoms with Crippen LogP contribution in [-0.2, 0) is 20.0 Å². The summed E-state index contributed by atoms with van der Waals surface area (Å²) in [5.41, 5.74) is 3.52. The van der Waals surface area contributed by atoms with E-state index < -0.39 is 0 Å². The van der Waals surface area contributed by atoms with Crippen LogP contribution >= 0.6 is 0 Å². The molecule has 1 aromatic carbocycles. The van der Waals surface area contributed by atoms with Crippen molar-refractivity contribution < 1.29 is 4.39 Å². The van der Waals surface area contributed by atoms with Gasteiger partial charge in [0.05, 0.1) is 0 Å². The van der Waals surface area contributed by atoms with Crippen LogP contribution < -0.4 is 5.32 Å². The molecule has 1 aromatic heterocycles. The van der Waals surface area contributed by atoms with Crippen molar-refractivity contribution in [1.29, 1.82) is 0 Å². The number of aromatic nitrogens is 1. The van der Waals surface area contributed by atoms with Gasteiger partial charge in [-0.2, -0.15) is 0 Å². The lowest BCUT2D eigenvalue weighted by Gasteiger charge is -2.07. The van der Waals surface area contributed by atoms with Crippen molar-refractivity contribution in [3.63, 3.8) is 0 Å². The van der Waals surface area contributed by atoms with Gasteiger partial charge in [0, 0.05) is 26.0 Å². The standard InChI is InChI=1S/C15H19FN2/c1-12-9-15(16)4-3-14(12)5-7-17-10-13-6-8-18(2)11-13/h3-4,6,8-9,11,17H,5,7,10H2,1-2H3. The molecule has 1 heterocycles. The van der Waals surface area contributed by atoms with Crippen molar-refractivity contribution in [2.45, 2.75) is 19.9 Å². The third kappa shape index (κ3) is 3.44. The summed E-state index contributed by atoms with van der Waals surface area (Å²) in [5.74, 6) is -0.159. The van der Waals surface area contributed by atoms with E-state index in [1.807, 2.05) is 30.8 Å². The van der Waals surface area contributed by atoms with Crippen LogP contribution in [0, 0.1) is 12.7 Å². The number of rotatable bonds is 5. The largest absolute Gasteiger partial charge is 0.357 e. The van der Waals surface area contributed by atoms with Gasteiger partial charge in [-0.05, 0) is 54.8 Å². The van der Waals surface area contributed by atoms with E-state index in [0.29, 0.717) is 0 Å². The lowest BCUT2D eigenvalue weighted by Crippen LogP contribution is -2.16. The maximum atomic E-state index is 12.9. The third-order valence-corrected chi connectivity index (χ3v) is 3.10. The summed E-state index contributed by atoms with van der Waals surface area (Å²) in [6.07, 6.45) is 5.08. The van der Waals surface area contributed by atoms with Gasteiger partial charge in [0.1, 0.15) is 5.82 Å². The van der Waals surface area contributed by atoms with Gasteiger partial charge in [-0.15, -0.1) is 0 Å². The fourth-order valence-electron chi connectivity index (χ4n) is 2.06. The number of hydrogen-bond donors (Lipinski definition) is 1. The molecule has 0 aliphatic heterocycles. The van der Waals surface area contributed by atoms with Gasteiger partial charge in [-0.25, -0.2) is 4.39 Å². The second-order valence-corrected chi connectivity index (χ2v) is 4.68. The molecule has 0 spiro atoms. The SMILES string of the molecule is Cc1cc(F)ccc1CCNCc1ccn(C)c1. The first kappa shape index (κ1) is 12.8. The summed E-state index contributed by atoms with van der Waals surface area (Å²) in [7, 11) is 2.02. The number of halogens is 1. The van der Waals surface area contributed by atoms with Crippen LogP contribution in [0.4, 0.5) is 4.39 Å². The molecule has 2 rings (SSSR count). The Balaban J connectivity index is 1.78. The van der Waals surface area contributed by atoms with Crippen molar-refractivity contribution in [2.24, 2.45) is 7.05 Å². The van der Waals surface area contributed by atoms with Crippen LogP contribution in [0.1, 0.15) is 16.7 Å². The van der Waals surface area contributed by atoms with Gasteiger partial charge in [-0.1, -0.05) is 6.07 Å². The van der Waals surface area contributed by atoms with Gasteiger partial charge >= 0.3 is 0 Å². The molecular formula is C15H19FN2. The molecular weight excluding hydrogens is 227 g/mol. The highest BCUT2D eigenvalue weighted by Crippen LogP contribution is 2.10. The van der Waals surface area contributed by atoms with Crippen LogP contribution in [0.25, 0.3) is 0 Å². The molecule has 0 aliphatic carbocycles. The van der Waals surface area contributed by atoms with Gasteiger partial charge in [0.25, 0.3) is 0 Å². The minimum Gasteiger partial charge on any atom is -0.357 e. The number of benzene rings is 1. The van der Waals surface area contributed by atoms with Crippen molar-refractivity contribution in [3.8, 4) is 0 Å². The molecule has 96 valence electrons. The Morgan fingerprint density at radius 2 is 2.11 bits per heavy atom. The molecule has 0 amide bonds. The average Bonchev–Trinajstić information content (AvgIpc) is 2.73. The highest BCUT2D eigenvalue weighted by molar-refractivity contribution is 5.26. The van der Waals surface area contributed by atoms with Crippen LogP contribution in [0.3, 0.4) is 0 Å². The smallest absolute Gasteiger partial charge is 0.123 e. The molecule has 0 aliphatic rings. The number of aryl methyl sites for hydroxylation is 2. The van der Waals surface area contributed by atoms with Crippen molar-refractivity contribution in [1.82, 2.24) is 9.88 Å². The zero-order valence-corrected chi connectivity index (χ0v) is 10.9. The van der Waals surface area contributed by atoms with E-state index in [0.717, 1.165) is 25.1 Å². The maximum Gasteiger partial charge on any atom is 0.123 e. The predicted molar refractivity (Wildman–Crippen MR) is 72.0 cm³/mol. The molecule has 0 saturated heterocycles. The number of nitrogens with one attached hydrogen (secondary N) is 1. The minimum absolute atomic E-state index is 0.159. The highest BCUT2D eigenvalue weighted by Gasteiger charge is 2.00. The van der Waals surface area contributed by atoms with Crippen LogP contribution in [-0.4, -0.2) is 11.1 Å². The van der Waals surface area contributed by atoms with E-state index in [4.69, 9.17) is 0 Å². The Labute approximate surface area is 107 Å². The number of hydrogen-bond acceptors (Lipinski definition) is 1. The van der Waals surface area contributed by atoms with E-state index in [9.17, 15) is 4.39 Å². The Hall–Kier alpha value is -1.61. The maximum absolute atomic E-state index is 12.9. The van der Waals surface area contributed by atoms with Crippen LogP contribution in [0.2, 0.25) is 0 Å². The lowest BCUT2D eigenvalue weighted by atomic mass is 10.1. The Bertz CT molecular complexity index is 517. The van der Waals surface area contributed by atoms with Gasteiger partial charge in [0.2, 0.25) is 0 Å². The second kappa shape index (κ2) is 5.83. The third-order valence-electron chi connectivity index (χ3n) is 3.10. The first-order chi connectivity index (χ1) is 8.65. The summed E-state index contributed by atoms with van der Waals surface area (Å²) in [6, 6.07) is 7.09. The summed E-state index contributed by atoms with van der Waals surface area (Å²) in [6.45, 7) is 3.73. The van der Waals surface area contributed by atoms with Gasteiger partial charge in [0.15, 0.2) is 0 Å². The molecule has 0 saturated carbocycles. The molecule has 2 nitrogen and oxygen atoms in total. The molecule has 2 aromatic rings. The lowest BCUT2D eigenvalue weighted by molar-refractivity contribution is 0.624. The fourth-order valence-corrected chi connectivity index (χ4v) is 2.06. The van der Waals surface area contributed by atoms with E-state index >= 15 is 0 Å². The summed E-state index contributed by atoms with van der Waals surface area (Å²) >= 11 is 0. The first-order valence-electron chi connectivity index (χ1n) is 6.22. The van der Waals surface area contributed by atoms with Crippen LogP contribution in [0.15, 0.2) is 36.7 Å². The van der Waals surface area contributed by atoms with E-state index in [1.165, 1.54) is 17.2 Å². The summed E-state index contributed by atoms with van der Waals surface area (Å²) < 4.78 is 15.0. The van der Waals surface area contributed by atoms with Crippen molar-refractivity contribution in [2.75, 3.05) is 6.54 Å². The molecule has 0 radical (unpaired) electrons. The van der Waals surface area contributed by atoms with Crippen molar-refractivity contribution in [3.05, 3.63) is 59.2 Å². The Kier molecular flexibility index (Phi) is 4.15. The molecule has 0 unspecified atom stereocenters. The Morgan fingerprint density at radius 1 is 1.28 bits per heavy atom. The van der Waals surface area contributed by atoms with Crippen molar-refractivity contribution >= 4 is 0 Å². The zero-order valence-electron chi connectivity index (χ0n) is 10.9. The molecule has 1 N–H and O–H groups in total. The molecule has 0 bridgehead atoms. The quantitative estimate of drug-likeness (QED) is 0.803. The van der Waals surface area contributed by atoms with E-state index in [2.05, 4.69) is 17.6 Å². The highest BCUT2D eigenvalue weighted by atomic mass is 19.1. The molecule has 0 fully saturated rings. The van der Waals surface area contributed by atoms with E-state index in [1.54, 1.807) is 6.07 Å². The predicted octanol–water partition coefficient (Wildman–Crippen LogP) is 2.80. The average molecular weight is 246 g/mol. The van der Waals surface area contributed by atoms with Gasteiger partial charge < -0.3 is 9.88 Å². The fraction of sp³-hybridized carbons (Fsp3) is 0.333. The topological polar surface area (TPSA) is 17.0 Å². The second-order valence-electron chi connectivity index (χ2n) is 4.68. The summed E-state index contributed by atoms with van der Waals surface area (Å²) in [4.78, 5) is 0. The van der Waals surface area contributed by atoms with E-state index in [-0.39, 0.29) is 5.82 Å². The van der Waals surface area contributed by atoms with Crippen LogP contribution in [0.5, 0.6) is 0 Å². The molecule has 3 heteroatoms. The number of nitrogens with zero attached hydrogens (tertiary/aromatic N) is 1. The van der Waals surface area contributed by atoms with Gasteiger partial charge in [-0.3, -0.25) is 0 Å². The zero-order chi connectivity index (χ0) is 13.0. The summed E-state index contributed by atoms with van der Waals surface area (Å²) in [5, 5.41) is 3.40. The monoisotopic (exact) mass is 246 g/mol. The first-order valence-corrected chi connectivity index (χ1v) is 6.22. The molecule has 0 atom stereocenters.